The van der Waals surface area contributed by atoms with Crippen molar-refractivity contribution in [3.8, 4) is 0 Å². The maximum Gasteiger partial charge on any atom is 0.247 e. The van der Waals surface area contributed by atoms with Gasteiger partial charge in [-0.3, -0.25) is 9.59 Å². The van der Waals surface area contributed by atoms with E-state index in [1.807, 2.05) is 24.3 Å². The summed E-state index contributed by atoms with van der Waals surface area (Å²) in [7, 11) is 1.69. The van der Waals surface area contributed by atoms with Crippen molar-refractivity contribution in [2.45, 2.75) is 31.4 Å². The van der Waals surface area contributed by atoms with Crippen LogP contribution in [0.3, 0.4) is 0 Å². The summed E-state index contributed by atoms with van der Waals surface area (Å²) in [6.45, 7) is 1.28. The highest BCUT2D eigenvalue weighted by Crippen LogP contribution is 2.29. The molecule has 112 valence electrons. The third-order valence-electron chi connectivity index (χ3n) is 4.25. The lowest BCUT2D eigenvalue weighted by Crippen LogP contribution is -2.46. The summed E-state index contributed by atoms with van der Waals surface area (Å²) in [5, 5.41) is 2.93. The van der Waals surface area contributed by atoms with Crippen molar-refractivity contribution < 1.29 is 14.3 Å². The normalized spacial score (nSPS) is 24.8. The lowest BCUT2D eigenvalue weighted by molar-refractivity contribution is -0.140. The van der Waals surface area contributed by atoms with Gasteiger partial charge in [0.1, 0.15) is 6.04 Å². The topological polar surface area (TPSA) is 58.6 Å². The molecule has 3 rings (SSSR count). The summed E-state index contributed by atoms with van der Waals surface area (Å²) in [6, 6.07) is 7.11. The van der Waals surface area contributed by atoms with Crippen LogP contribution in [0.5, 0.6) is 0 Å². The number of hydrogen-bond donors (Lipinski definition) is 1. The number of likely N-dealkylation sites (N-methyl/N-ethyl adjacent to an activating group) is 1. The van der Waals surface area contributed by atoms with Gasteiger partial charge in [-0.15, -0.1) is 0 Å². The zero-order chi connectivity index (χ0) is 14.8. The first kappa shape index (κ1) is 14.1. The Hall–Kier alpha value is -1.88. The van der Waals surface area contributed by atoms with Gasteiger partial charge in [0, 0.05) is 20.2 Å². The van der Waals surface area contributed by atoms with Gasteiger partial charge >= 0.3 is 0 Å². The molecule has 5 heteroatoms. The van der Waals surface area contributed by atoms with E-state index >= 15 is 0 Å². The molecule has 2 atom stereocenters. The lowest BCUT2D eigenvalue weighted by Gasteiger charge is -2.33. The lowest BCUT2D eigenvalue weighted by atomic mass is 9.92. The molecule has 0 aliphatic carbocycles. The molecule has 0 spiro atoms. The maximum absolute atomic E-state index is 12.5. The first-order valence-electron chi connectivity index (χ1n) is 7.39. The number of hydrogen-bond acceptors (Lipinski definition) is 3. The number of nitrogens with one attached hydrogen (secondary N) is 1. The molecule has 2 heterocycles. The molecule has 1 N–H and O–H groups in total. The molecule has 21 heavy (non-hydrogen) atoms. The average molecular weight is 288 g/mol. The molecule has 1 aromatic carbocycles. The molecule has 2 amide bonds. The second-order valence-corrected chi connectivity index (χ2v) is 5.66. The van der Waals surface area contributed by atoms with Gasteiger partial charge in [0.25, 0.3) is 0 Å². The van der Waals surface area contributed by atoms with Gasteiger partial charge in [-0.25, -0.2) is 0 Å². The van der Waals surface area contributed by atoms with Crippen LogP contribution in [0.15, 0.2) is 24.3 Å². The zero-order valence-corrected chi connectivity index (χ0v) is 12.2. The van der Waals surface area contributed by atoms with Crippen molar-refractivity contribution in [1.82, 2.24) is 10.2 Å². The Morgan fingerprint density at radius 3 is 3.00 bits per heavy atom. The number of nitrogens with zero attached hydrogens (tertiary/aromatic N) is 1. The number of amides is 2. The number of carbonyl (C=O) groups excluding carboxylic acids is 2. The third-order valence-corrected chi connectivity index (χ3v) is 4.25. The van der Waals surface area contributed by atoms with Gasteiger partial charge in [-0.2, -0.15) is 0 Å². The predicted molar refractivity (Wildman–Crippen MR) is 77.6 cm³/mol. The summed E-state index contributed by atoms with van der Waals surface area (Å²) in [6.07, 6.45) is 2.50. The fourth-order valence-electron chi connectivity index (χ4n) is 3.04. The molecule has 2 unspecified atom stereocenters. The SMILES string of the molecule is CN1C(=O)Cc2ccccc2C1C(=O)NCC1CCCO1. The Kier molecular flexibility index (Phi) is 3.92. The molecule has 0 bridgehead atoms. The zero-order valence-electron chi connectivity index (χ0n) is 12.2. The minimum Gasteiger partial charge on any atom is -0.376 e. The van der Waals surface area contributed by atoms with Gasteiger partial charge < -0.3 is 15.0 Å². The van der Waals surface area contributed by atoms with Gasteiger partial charge in [0.15, 0.2) is 0 Å². The summed E-state index contributed by atoms with van der Waals surface area (Å²) in [5.74, 6) is -0.153. The summed E-state index contributed by atoms with van der Waals surface area (Å²) < 4.78 is 5.51. The van der Waals surface area contributed by atoms with E-state index in [0.717, 1.165) is 30.6 Å². The summed E-state index contributed by atoms with van der Waals surface area (Å²) in [4.78, 5) is 26.1. The Bertz CT molecular complexity index is 552. The molecule has 0 radical (unpaired) electrons. The van der Waals surface area contributed by atoms with Crippen molar-refractivity contribution in [2.24, 2.45) is 0 Å². The van der Waals surface area contributed by atoms with Gasteiger partial charge in [0.05, 0.1) is 12.5 Å². The number of fused-ring (bicyclic) bond motifs is 1. The fraction of sp³-hybridized carbons (Fsp3) is 0.500. The second-order valence-electron chi connectivity index (χ2n) is 5.66. The van der Waals surface area contributed by atoms with E-state index in [2.05, 4.69) is 5.32 Å². The molecular weight excluding hydrogens is 268 g/mol. The van der Waals surface area contributed by atoms with Gasteiger partial charge in [-0.1, -0.05) is 24.3 Å². The van der Waals surface area contributed by atoms with Crippen LogP contribution >= 0.6 is 0 Å². The highest BCUT2D eigenvalue weighted by Gasteiger charge is 2.34. The Labute approximate surface area is 124 Å². The van der Waals surface area contributed by atoms with E-state index in [9.17, 15) is 9.59 Å². The molecule has 2 aliphatic heterocycles. The average Bonchev–Trinajstić information content (AvgIpc) is 2.99. The fourth-order valence-corrected chi connectivity index (χ4v) is 3.04. The van der Waals surface area contributed by atoms with Crippen LogP contribution < -0.4 is 5.32 Å². The van der Waals surface area contributed by atoms with E-state index in [1.165, 1.54) is 4.90 Å². The van der Waals surface area contributed by atoms with Gasteiger partial charge in [-0.05, 0) is 24.0 Å². The molecule has 0 aromatic heterocycles. The van der Waals surface area contributed by atoms with Crippen molar-refractivity contribution >= 4 is 11.8 Å². The van der Waals surface area contributed by atoms with E-state index < -0.39 is 6.04 Å². The number of rotatable bonds is 3. The maximum atomic E-state index is 12.5. The van der Waals surface area contributed by atoms with Crippen LogP contribution in [0.4, 0.5) is 0 Å². The molecule has 5 nitrogen and oxygen atoms in total. The predicted octanol–water partition coefficient (Wildman–Crippen LogP) is 1.04. The minimum absolute atomic E-state index is 0.0223. The Balaban J connectivity index is 1.75. The van der Waals surface area contributed by atoms with E-state index in [-0.39, 0.29) is 17.9 Å². The number of carbonyl (C=O) groups is 2. The quantitative estimate of drug-likeness (QED) is 0.904. The van der Waals surface area contributed by atoms with Crippen molar-refractivity contribution in [3.63, 3.8) is 0 Å². The van der Waals surface area contributed by atoms with Crippen LogP contribution in [0.1, 0.15) is 30.0 Å². The first-order valence-corrected chi connectivity index (χ1v) is 7.39. The van der Waals surface area contributed by atoms with Gasteiger partial charge in [0.2, 0.25) is 11.8 Å². The van der Waals surface area contributed by atoms with Crippen LogP contribution in [0.25, 0.3) is 0 Å². The van der Waals surface area contributed by atoms with Crippen LogP contribution in [-0.4, -0.2) is 43.0 Å². The van der Waals surface area contributed by atoms with Crippen LogP contribution in [0, 0.1) is 0 Å². The molecular formula is C16H20N2O3. The third kappa shape index (κ3) is 2.78. The molecule has 0 saturated carbocycles. The minimum atomic E-state index is -0.538. The summed E-state index contributed by atoms with van der Waals surface area (Å²) >= 11 is 0. The Morgan fingerprint density at radius 1 is 1.43 bits per heavy atom. The standard InChI is InChI=1S/C16H20N2O3/c1-18-14(19)9-11-5-2-3-7-13(11)15(18)16(20)17-10-12-6-4-8-21-12/h2-3,5,7,12,15H,4,6,8-10H2,1H3,(H,17,20). The smallest absolute Gasteiger partial charge is 0.247 e. The molecule has 1 fully saturated rings. The van der Waals surface area contributed by atoms with Crippen LogP contribution in [0.2, 0.25) is 0 Å². The monoisotopic (exact) mass is 288 g/mol. The highest BCUT2D eigenvalue weighted by atomic mass is 16.5. The molecule has 2 aliphatic rings. The van der Waals surface area contributed by atoms with Crippen molar-refractivity contribution in [2.75, 3.05) is 20.2 Å². The van der Waals surface area contributed by atoms with Crippen molar-refractivity contribution in [1.29, 1.82) is 0 Å². The number of ether oxygens (including phenoxy) is 1. The number of benzene rings is 1. The second kappa shape index (κ2) is 5.85. The van der Waals surface area contributed by atoms with Crippen LogP contribution in [-0.2, 0) is 20.7 Å². The van der Waals surface area contributed by atoms with Crippen molar-refractivity contribution in [3.05, 3.63) is 35.4 Å². The highest BCUT2D eigenvalue weighted by molar-refractivity contribution is 5.92. The first-order chi connectivity index (χ1) is 10.2. The Morgan fingerprint density at radius 2 is 2.24 bits per heavy atom. The molecule has 1 saturated heterocycles. The van der Waals surface area contributed by atoms with E-state index in [0.29, 0.717) is 13.0 Å². The molecule has 1 aromatic rings. The van der Waals surface area contributed by atoms with E-state index in [1.54, 1.807) is 7.05 Å². The summed E-state index contributed by atoms with van der Waals surface area (Å²) in [5.41, 5.74) is 1.86. The van der Waals surface area contributed by atoms with E-state index in [4.69, 9.17) is 4.74 Å². The largest absolute Gasteiger partial charge is 0.376 e.